The van der Waals surface area contributed by atoms with Crippen LogP contribution in [0.25, 0.3) is 0 Å². The third-order valence-electron chi connectivity index (χ3n) is 5.59. The summed E-state index contributed by atoms with van der Waals surface area (Å²) in [5, 5.41) is 12.2. The minimum Gasteiger partial charge on any atom is -0.336 e. The highest BCUT2D eigenvalue weighted by Crippen LogP contribution is 2.69. The molecular weight excluding hydrogens is 248 g/mol. The van der Waals surface area contributed by atoms with Gasteiger partial charge in [0.2, 0.25) is 5.91 Å². The Bertz CT molecular complexity index is 560. The number of nitriles is 1. The molecule has 3 aliphatic rings. The summed E-state index contributed by atoms with van der Waals surface area (Å²) in [6.45, 7) is 0. The van der Waals surface area contributed by atoms with Gasteiger partial charge < -0.3 is 5.32 Å². The zero-order valence-electron chi connectivity index (χ0n) is 11.3. The predicted molar refractivity (Wildman–Crippen MR) is 74.2 cm³/mol. The van der Waals surface area contributed by atoms with E-state index in [1.54, 1.807) is 0 Å². The van der Waals surface area contributed by atoms with Crippen LogP contribution in [0.15, 0.2) is 30.3 Å². The lowest BCUT2D eigenvalue weighted by atomic mass is 10.0. The quantitative estimate of drug-likeness (QED) is 0.914. The monoisotopic (exact) mass is 266 g/mol. The first-order valence-electron chi connectivity index (χ1n) is 7.54. The van der Waals surface area contributed by atoms with Gasteiger partial charge in [0.15, 0.2) is 0 Å². The van der Waals surface area contributed by atoms with Crippen LogP contribution in [-0.2, 0) is 4.79 Å². The smallest absolute Gasteiger partial charge is 0.224 e. The molecule has 3 aliphatic carbocycles. The maximum Gasteiger partial charge on any atom is 0.224 e. The fourth-order valence-corrected chi connectivity index (χ4v) is 4.75. The zero-order chi connectivity index (χ0) is 13.7. The van der Waals surface area contributed by atoms with Crippen molar-refractivity contribution < 1.29 is 4.79 Å². The van der Waals surface area contributed by atoms with E-state index < -0.39 is 6.04 Å². The standard InChI is InChI=1S/C17H18N2O/c18-9-13(10-4-2-1-3-5-10)19-17(20)16-14-11-6-7-12(8-11)15(14)16/h1-5,11-16H,6-8H2,(H,19,20). The molecule has 1 aromatic rings. The Kier molecular flexibility index (Phi) is 2.60. The molecule has 0 radical (unpaired) electrons. The number of carbonyl (C=O) groups is 1. The van der Waals surface area contributed by atoms with Gasteiger partial charge in [0.25, 0.3) is 0 Å². The van der Waals surface area contributed by atoms with Gasteiger partial charge in [-0.25, -0.2) is 0 Å². The molecule has 0 spiro atoms. The average molecular weight is 266 g/mol. The van der Waals surface area contributed by atoms with Crippen LogP contribution in [0.1, 0.15) is 30.9 Å². The summed E-state index contributed by atoms with van der Waals surface area (Å²) in [5.74, 6) is 3.14. The first-order chi connectivity index (χ1) is 9.79. The second kappa shape index (κ2) is 4.34. The van der Waals surface area contributed by atoms with Gasteiger partial charge >= 0.3 is 0 Å². The van der Waals surface area contributed by atoms with Gasteiger partial charge in [-0.3, -0.25) is 4.79 Å². The Morgan fingerprint density at radius 2 is 1.85 bits per heavy atom. The number of amides is 1. The maximum absolute atomic E-state index is 12.4. The highest BCUT2D eigenvalue weighted by molar-refractivity contribution is 5.83. The molecule has 5 unspecified atom stereocenters. The first-order valence-corrected chi connectivity index (χ1v) is 7.54. The van der Waals surface area contributed by atoms with E-state index in [9.17, 15) is 10.1 Å². The molecule has 1 N–H and O–H groups in total. The van der Waals surface area contributed by atoms with Crippen LogP contribution in [-0.4, -0.2) is 5.91 Å². The van der Waals surface area contributed by atoms with Gasteiger partial charge in [0.05, 0.1) is 6.07 Å². The second-order valence-electron chi connectivity index (χ2n) is 6.50. The number of benzene rings is 1. The van der Waals surface area contributed by atoms with E-state index in [4.69, 9.17) is 0 Å². The van der Waals surface area contributed by atoms with Crippen LogP contribution in [0.3, 0.4) is 0 Å². The lowest BCUT2D eigenvalue weighted by molar-refractivity contribution is -0.123. The van der Waals surface area contributed by atoms with Crippen LogP contribution in [0, 0.1) is 40.9 Å². The van der Waals surface area contributed by atoms with Crippen LogP contribution in [0.5, 0.6) is 0 Å². The number of nitrogens with one attached hydrogen (secondary N) is 1. The Hall–Kier alpha value is -1.82. The molecule has 3 nitrogen and oxygen atoms in total. The normalized spacial score (nSPS) is 37.9. The van der Waals surface area contributed by atoms with Gasteiger partial charge in [-0.1, -0.05) is 30.3 Å². The predicted octanol–water partition coefficient (Wildman–Crippen LogP) is 2.66. The molecule has 20 heavy (non-hydrogen) atoms. The molecule has 2 bridgehead atoms. The fraction of sp³-hybridized carbons (Fsp3) is 0.529. The molecule has 0 aliphatic heterocycles. The van der Waals surface area contributed by atoms with Crippen molar-refractivity contribution in [1.29, 1.82) is 5.26 Å². The second-order valence-corrected chi connectivity index (χ2v) is 6.50. The van der Waals surface area contributed by atoms with E-state index in [1.807, 2.05) is 30.3 Å². The summed E-state index contributed by atoms with van der Waals surface area (Å²) >= 11 is 0. The molecule has 3 heteroatoms. The summed E-state index contributed by atoms with van der Waals surface area (Å²) in [4.78, 5) is 12.4. The lowest BCUT2D eigenvalue weighted by Gasteiger charge is -2.14. The fourth-order valence-electron chi connectivity index (χ4n) is 4.75. The third-order valence-corrected chi connectivity index (χ3v) is 5.59. The van der Waals surface area contributed by atoms with Crippen molar-refractivity contribution in [2.75, 3.05) is 0 Å². The van der Waals surface area contributed by atoms with Gasteiger partial charge in [-0.2, -0.15) is 5.26 Å². The van der Waals surface area contributed by atoms with Gasteiger partial charge in [-0.05, 0) is 48.5 Å². The number of fused-ring (bicyclic) bond motifs is 5. The number of carbonyl (C=O) groups excluding carboxylic acids is 1. The van der Waals surface area contributed by atoms with E-state index >= 15 is 0 Å². The molecule has 0 heterocycles. The Morgan fingerprint density at radius 3 is 2.45 bits per heavy atom. The van der Waals surface area contributed by atoms with Crippen molar-refractivity contribution >= 4 is 5.91 Å². The Morgan fingerprint density at radius 1 is 1.20 bits per heavy atom. The van der Waals surface area contributed by atoms with Gasteiger partial charge in [-0.15, -0.1) is 0 Å². The molecule has 4 rings (SSSR count). The summed E-state index contributed by atoms with van der Waals surface area (Å²) in [5.41, 5.74) is 0.872. The summed E-state index contributed by atoms with van der Waals surface area (Å²) in [6.07, 6.45) is 3.98. The number of nitrogens with zero attached hydrogens (tertiary/aromatic N) is 1. The topological polar surface area (TPSA) is 52.9 Å². The van der Waals surface area contributed by atoms with E-state index in [0.717, 1.165) is 17.4 Å². The Balaban J connectivity index is 1.45. The van der Waals surface area contributed by atoms with E-state index in [1.165, 1.54) is 19.3 Å². The minimum absolute atomic E-state index is 0.104. The summed E-state index contributed by atoms with van der Waals surface area (Å²) < 4.78 is 0. The molecule has 1 amide bonds. The van der Waals surface area contributed by atoms with Crippen molar-refractivity contribution in [1.82, 2.24) is 5.32 Å². The molecule has 0 aromatic heterocycles. The van der Waals surface area contributed by atoms with Crippen molar-refractivity contribution in [3.8, 4) is 6.07 Å². The number of hydrogen-bond donors (Lipinski definition) is 1. The van der Waals surface area contributed by atoms with Crippen molar-refractivity contribution in [3.05, 3.63) is 35.9 Å². The molecule has 3 fully saturated rings. The first kappa shape index (κ1) is 12.0. The molecule has 5 atom stereocenters. The Labute approximate surface area is 119 Å². The van der Waals surface area contributed by atoms with E-state index in [-0.39, 0.29) is 11.8 Å². The highest BCUT2D eigenvalue weighted by atomic mass is 16.2. The summed E-state index contributed by atoms with van der Waals surface area (Å²) in [6, 6.07) is 11.2. The maximum atomic E-state index is 12.4. The molecule has 3 saturated carbocycles. The molecule has 1 aromatic carbocycles. The number of hydrogen-bond acceptors (Lipinski definition) is 2. The van der Waals surface area contributed by atoms with Gasteiger partial charge in [0, 0.05) is 5.92 Å². The van der Waals surface area contributed by atoms with Crippen molar-refractivity contribution in [2.24, 2.45) is 29.6 Å². The van der Waals surface area contributed by atoms with Gasteiger partial charge in [0.1, 0.15) is 6.04 Å². The largest absolute Gasteiger partial charge is 0.336 e. The SMILES string of the molecule is N#CC(NC(=O)C1C2C3CCC(C3)C12)c1ccccc1. The van der Waals surface area contributed by atoms with E-state index in [0.29, 0.717) is 11.8 Å². The zero-order valence-corrected chi connectivity index (χ0v) is 11.3. The third kappa shape index (κ3) is 1.67. The minimum atomic E-state index is -0.511. The van der Waals surface area contributed by atoms with Crippen LogP contribution < -0.4 is 5.32 Å². The van der Waals surface area contributed by atoms with E-state index in [2.05, 4.69) is 11.4 Å². The van der Waals surface area contributed by atoms with Crippen molar-refractivity contribution in [3.63, 3.8) is 0 Å². The van der Waals surface area contributed by atoms with Crippen LogP contribution in [0.2, 0.25) is 0 Å². The van der Waals surface area contributed by atoms with Crippen LogP contribution in [0.4, 0.5) is 0 Å². The molecule has 0 saturated heterocycles. The molecule has 102 valence electrons. The molecular formula is C17H18N2O. The lowest BCUT2D eigenvalue weighted by Crippen LogP contribution is -2.30. The van der Waals surface area contributed by atoms with Crippen molar-refractivity contribution in [2.45, 2.75) is 25.3 Å². The summed E-state index contributed by atoms with van der Waals surface area (Å²) in [7, 11) is 0. The van der Waals surface area contributed by atoms with Crippen LogP contribution >= 0.6 is 0 Å². The number of rotatable bonds is 3. The average Bonchev–Trinajstić information content (AvgIpc) is 2.94. The highest BCUT2D eigenvalue weighted by Gasteiger charge is 2.67.